The first-order chi connectivity index (χ1) is 2.56. The Balaban J connectivity index is 3.17. The first-order valence-electron chi connectivity index (χ1n) is 1.33. The van der Waals surface area contributed by atoms with Gasteiger partial charge in [0.25, 0.3) is 0 Å². The summed E-state index contributed by atoms with van der Waals surface area (Å²) in [6, 6.07) is 0. The molecule has 0 aliphatic rings. The quantitative estimate of drug-likeness (QED) is 0.512. The van der Waals surface area contributed by atoms with Crippen LogP contribution in [0.5, 0.6) is 0 Å². The molecule has 0 saturated carbocycles. The number of hydrogen-bond acceptors (Lipinski definition) is 0. The molecule has 0 aromatic heterocycles. The van der Waals surface area contributed by atoms with E-state index in [-0.39, 0.29) is 22.5 Å². The van der Waals surface area contributed by atoms with E-state index in [1.807, 2.05) is 0 Å². The second-order valence-electron chi connectivity index (χ2n) is 0.819. The van der Waals surface area contributed by atoms with Gasteiger partial charge in [-0.05, 0) is 0 Å². The summed E-state index contributed by atoms with van der Waals surface area (Å²) in [7, 11) is 0. The topological polar surface area (TPSA) is 0 Å². The van der Waals surface area contributed by atoms with E-state index in [0.717, 1.165) is 0 Å². The third-order valence-electron chi connectivity index (χ3n) is 0.231. The van der Waals surface area contributed by atoms with Gasteiger partial charge in [-0.1, -0.05) is 0 Å². The van der Waals surface area contributed by atoms with Crippen molar-refractivity contribution in [1.82, 2.24) is 0 Å². The van der Waals surface area contributed by atoms with E-state index in [2.05, 4.69) is 0 Å². The molecule has 0 fully saturated rings. The molecule has 0 rings (SSSR count). The summed E-state index contributed by atoms with van der Waals surface area (Å²) >= 11 is 0.278. The maximum atomic E-state index is 10.8. The van der Waals surface area contributed by atoms with Gasteiger partial charge in [0, 0.05) is 0 Å². The molecule has 0 aromatic rings. The van der Waals surface area contributed by atoms with Crippen LogP contribution in [0.4, 0.5) is 13.2 Å². The van der Waals surface area contributed by atoms with Crippen molar-refractivity contribution in [2.24, 2.45) is 0 Å². The third kappa shape index (κ3) is 4.59. The van der Waals surface area contributed by atoms with Crippen molar-refractivity contribution in [1.29, 1.82) is 0 Å². The number of alkyl halides is 3. The summed E-state index contributed by atoms with van der Waals surface area (Å²) in [5.41, 5.74) is 0. The zero-order valence-electron chi connectivity index (χ0n) is 2.92. The van der Waals surface area contributed by atoms with E-state index in [1.165, 1.54) is 0 Å². The molecule has 0 nitrogen and oxygen atoms in total. The molecular formula is C2H3F3Sn. The van der Waals surface area contributed by atoms with Crippen LogP contribution in [0.15, 0.2) is 0 Å². The Kier molecular flexibility index (Phi) is 2.24. The summed E-state index contributed by atoms with van der Waals surface area (Å²) in [6.45, 7) is 0. The second-order valence-corrected chi connectivity index (χ2v) is 1.98. The fourth-order valence-electron chi connectivity index (χ4n) is 0. The Morgan fingerprint density at radius 3 is 1.50 bits per heavy atom. The molecule has 36 valence electrons. The average Bonchev–Trinajstić information content (AvgIpc) is 1.35. The normalized spacial score (nSPS) is 12.0. The summed E-state index contributed by atoms with van der Waals surface area (Å²) in [5.74, 6) is 0. The molecule has 2 radical (unpaired) electrons. The molecule has 0 aliphatic heterocycles. The Hall–Kier alpha value is 0.589. The van der Waals surface area contributed by atoms with Gasteiger partial charge >= 0.3 is 46.3 Å². The monoisotopic (exact) mass is 204 g/mol. The van der Waals surface area contributed by atoms with Crippen molar-refractivity contribution >= 4 is 22.5 Å². The van der Waals surface area contributed by atoms with E-state index in [0.29, 0.717) is 0 Å². The predicted molar refractivity (Wildman–Crippen MR) is 18.0 cm³/mol. The Morgan fingerprint density at radius 1 is 1.33 bits per heavy atom. The van der Waals surface area contributed by atoms with Gasteiger partial charge in [-0.2, -0.15) is 0 Å². The van der Waals surface area contributed by atoms with Crippen LogP contribution in [-0.2, 0) is 0 Å². The molecule has 0 heterocycles. The van der Waals surface area contributed by atoms with E-state index in [9.17, 15) is 13.2 Å². The summed E-state index contributed by atoms with van der Waals surface area (Å²) in [5, 5.41) is 0. The molecule has 0 saturated heterocycles. The first-order valence-corrected chi connectivity index (χ1v) is 3.66. The molecule has 0 bridgehead atoms. The standard InChI is InChI=1S/C2H2F3.Sn.H/c1-2(3,4)5;;/h1H2;;. The summed E-state index contributed by atoms with van der Waals surface area (Å²) in [6.07, 6.45) is -3.90. The summed E-state index contributed by atoms with van der Waals surface area (Å²) in [4.78, 5) is 0. The van der Waals surface area contributed by atoms with E-state index in [4.69, 9.17) is 0 Å². The average molecular weight is 203 g/mol. The van der Waals surface area contributed by atoms with Gasteiger partial charge in [-0.25, -0.2) is 0 Å². The molecular weight excluding hydrogens is 200 g/mol. The van der Waals surface area contributed by atoms with Gasteiger partial charge in [0.05, 0.1) is 0 Å². The van der Waals surface area contributed by atoms with Gasteiger partial charge in [0.1, 0.15) is 0 Å². The number of hydrogen-bond donors (Lipinski definition) is 0. The Bertz CT molecular complexity index is 38.5. The fourth-order valence-corrected chi connectivity index (χ4v) is 0. The van der Waals surface area contributed by atoms with Gasteiger partial charge < -0.3 is 0 Å². The van der Waals surface area contributed by atoms with Crippen LogP contribution < -0.4 is 0 Å². The maximum absolute atomic E-state index is 10.8. The number of rotatable bonds is 0. The second kappa shape index (κ2) is 2.04. The molecule has 0 N–H and O–H groups in total. The predicted octanol–water partition coefficient (Wildman–Crippen LogP) is 0.868. The van der Waals surface area contributed by atoms with Crippen LogP contribution >= 0.6 is 0 Å². The van der Waals surface area contributed by atoms with Crippen LogP contribution in [0.2, 0.25) is 4.44 Å². The van der Waals surface area contributed by atoms with Crippen molar-refractivity contribution < 1.29 is 13.2 Å². The first kappa shape index (κ1) is 6.59. The van der Waals surface area contributed by atoms with Crippen LogP contribution in [0, 0.1) is 0 Å². The van der Waals surface area contributed by atoms with Crippen LogP contribution in [0.25, 0.3) is 0 Å². The van der Waals surface area contributed by atoms with E-state index in [1.54, 1.807) is 0 Å². The minimum atomic E-state index is -3.90. The van der Waals surface area contributed by atoms with Crippen molar-refractivity contribution in [3.05, 3.63) is 0 Å². The van der Waals surface area contributed by atoms with Gasteiger partial charge in [0.2, 0.25) is 0 Å². The van der Waals surface area contributed by atoms with Crippen LogP contribution in [0.1, 0.15) is 0 Å². The molecule has 0 amide bonds. The van der Waals surface area contributed by atoms with Gasteiger partial charge in [-0.3, -0.25) is 0 Å². The third-order valence-corrected chi connectivity index (χ3v) is 1.55. The Morgan fingerprint density at radius 2 is 1.50 bits per heavy atom. The van der Waals surface area contributed by atoms with Crippen molar-refractivity contribution in [2.75, 3.05) is 0 Å². The summed E-state index contributed by atoms with van der Waals surface area (Å²) < 4.78 is 31.9. The van der Waals surface area contributed by atoms with Crippen molar-refractivity contribution in [2.45, 2.75) is 10.6 Å². The van der Waals surface area contributed by atoms with Gasteiger partial charge in [0.15, 0.2) is 0 Å². The number of halogens is 3. The SMILES string of the molecule is FC(F)(F)[CH2][SnH]. The van der Waals surface area contributed by atoms with Crippen LogP contribution in [-0.4, -0.2) is 28.7 Å². The Labute approximate surface area is 46.8 Å². The molecule has 0 atom stereocenters. The molecule has 0 aliphatic carbocycles. The molecule has 6 heavy (non-hydrogen) atoms. The van der Waals surface area contributed by atoms with Crippen molar-refractivity contribution in [3.8, 4) is 0 Å². The molecule has 0 aromatic carbocycles. The minimum absolute atomic E-state index is 0.278. The molecule has 0 unspecified atom stereocenters. The molecule has 4 heteroatoms. The van der Waals surface area contributed by atoms with Crippen LogP contribution in [0.3, 0.4) is 0 Å². The zero-order chi connectivity index (χ0) is 5.21. The fraction of sp³-hybridized carbons (Fsp3) is 1.00. The zero-order valence-corrected chi connectivity index (χ0v) is 6.21. The van der Waals surface area contributed by atoms with Crippen molar-refractivity contribution in [3.63, 3.8) is 0 Å². The van der Waals surface area contributed by atoms with E-state index >= 15 is 0 Å². The van der Waals surface area contributed by atoms with E-state index < -0.39 is 10.6 Å². The van der Waals surface area contributed by atoms with Gasteiger partial charge in [-0.15, -0.1) is 0 Å². The molecule has 0 spiro atoms.